The number of amides is 1. The predicted octanol–water partition coefficient (Wildman–Crippen LogP) is 6.32. The second kappa shape index (κ2) is 13.5. The molecule has 0 aliphatic rings. The number of hydrogen-bond donors (Lipinski definition) is 2. The van der Waals surface area contributed by atoms with E-state index in [9.17, 15) is 9.59 Å². The highest BCUT2D eigenvalue weighted by Crippen LogP contribution is 2.31. The van der Waals surface area contributed by atoms with Gasteiger partial charge in [-0.25, -0.2) is 9.97 Å². The number of aromatic nitrogens is 2. The minimum Gasteiger partial charge on any atom is -0.494 e. The number of thioether (sulfide) groups is 1. The Morgan fingerprint density at radius 2 is 1.83 bits per heavy atom. The molecule has 3 rings (SSSR count). The highest BCUT2D eigenvalue weighted by atomic mass is 32.2. The lowest BCUT2D eigenvalue weighted by Gasteiger charge is -2.12. The fourth-order valence-electron chi connectivity index (χ4n) is 3.21. The fraction of sp³-hybridized carbons (Fsp3) is 0.462. The third kappa shape index (κ3) is 9.66. The maximum Gasteiger partial charge on any atom is 0.303 e. The van der Waals surface area contributed by atoms with Gasteiger partial charge in [-0.05, 0) is 30.5 Å². The third-order valence-electron chi connectivity index (χ3n) is 5.20. The van der Waals surface area contributed by atoms with Crippen LogP contribution in [0.25, 0.3) is 0 Å². The first-order valence-corrected chi connectivity index (χ1v) is 13.8. The maximum atomic E-state index is 12.4. The summed E-state index contributed by atoms with van der Waals surface area (Å²) in [5.41, 5.74) is 0.815. The molecule has 194 valence electrons. The summed E-state index contributed by atoms with van der Waals surface area (Å²) in [7, 11) is 0. The molecule has 2 heterocycles. The van der Waals surface area contributed by atoms with Crippen LogP contribution in [0, 0.1) is 0 Å². The van der Waals surface area contributed by atoms with Crippen LogP contribution in [-0.4, -0.2) is 33.6 Å². The average molecular weight is 532 g/mol. The van der Waals surface area contributed by atoms with Crippen molar-refractivity contribution in [3.8, 4) is 5.75 Å². The van der Waals surface area contributed by atoms with Gasteiger partial charge in [-0.1, -0.05) is 57.1 Å². The number of oxazole rings is 1. The van der Waals surface area contributed by atoms with Gasteiger partial charge in [0.05, 0.1) is 35.4 Å². The minimum atomic E-state index is -0.746. The molecule has 0 saturated carbocycles. The first-order valence-electron chi connectivity index (χ1n) is 12.0. The van der Waals surface area contributed by atoms with Gasteiger partial charge >= 0.3 is 5.97 Å². The topological polar surface area (TPSA) is 115 Å². The lowest BCUT2D eigenvalue weighted by Crippen LogP contribution is -2.14. The van der Waals surface area contributed by atoms with Crippen molar-refractivity contribution < 1.29 is 23.8 Å². The zero-order valence-corrected chi connectivity index (χ0v) is 22.5. The molecule has 8 nitrogen and oxygen atoms in total. The molecule has 0 bridgehead atoms. The summed E-state index contributed by atoms with van der Waals surface area (Å²) in [5, 5.41) is 12.1. The van der Waals surface area contributed by atoms with Crippen molar-refractivity contribution in [2.45, 2.75) is 74.7 Å². The van der Waals surface area contributed by atoms with E-state index in [1.54, 1.807) is 24.2 Å². The van der Waals surface area contributed by atoms with Crippen molar-refractivity contribution in [3.63, 3.8) is 0 Å². The molecule has 0 atom stereocenters. The van der Waals surface area contributed by atoms with E-state index < -0.39 is 5.97 Å². The molecule has 0 saturated heterocycles. The number of carbonyl (C=O) groups excluding carboxylic acids is 1. The molecule has 0 unspecified atom stereocenters. The monoisotopic (exact) mass is 531 g/mol. The molecule has 0 aliphatic carbocycles. The Morgan fingerprint density at radius 3 is 2.53 bits per heavy atom. The molecule has 2 N–H and O–H groups in total. The molecular formula is C26H33N3O5S2. The average Bonchev–Trinajstić information content (AvgIpc) is 3.47. The van der Waals surface area contributed by atoms with Crippen LogP contribution in [0.2, 0.25) is 0 Å². The lowest BCUT2D eigenvalue weighted by atomic mass is 9.94. The molecule has 0 spiro atoms. The molecule has 1 amide bonds. The summed E-state index contributed by atoms with van der Waals surface area (Å²) in [6, 6.07) is 7.48. The van der Waals surface area contributed by atoms with E-state index in [1.807, 2.05) is 24.3 Å². The van der Waals surface area contributed by atoms with Gasteiger partial charge in [0, 0.05) is 11.8 Å². The number of ether oxygens (including phenoxy) is 1. The zero-order valence-electron chi connectivity index (χ0n) is 20.9. The van der Waals surface area contributed by atoms with Gasteiger partial charge < -0.3 is 19.6 Å². The number of benzene rings is 1. The van der Waals surface area contributed by atoms with Crippen LogP contribution >= 0.6 is 23.1 Å². The summed E-state index contributed by atoms with van der Waals surface area (Å²) in [6.45, 7) is 6.85. The standard InChI is InChI=1S/C26H33N3O5S2/c1-26(2,3)20-15-27-22(34-20)17-35-24-16-28-25(36-24)29-21(30)14-18-9-11-19(12-10-18)33-13-7-5-4-6-8-23(31)32/h9-12,15-16H,4-8,13-14,17H2,1-3H3,(H,31,32)(H,28,29,30). The number of nitrogens with one attached hydrogen (secondary N) is 1. The van der Waals surface area contributed by atoms with Gasteiger partial charge in [0.15, 0.2) is 5.13 Å². The van der Waals surface area contributed by atoms with E-state index >= 15 is 0 Å². The van der Waals surface area contributed by atoms with Gasteiger partial charge in [-0.2, -0.15) is 0 Å². The van der Waals surface area contributed by atoms with Gasteiger partial charge in [-0.3, -0.25) is 9.59 Å². The van der Waals surface area contributed by atoms with Gasteiger partial charge in [0.25, 0.3) is 0 Å². The molecule has 0 fully saturated rings. The summed E-state index contributed by atoms with van der Waals surface area (Å²) >= 11 is 3.00. The highest BCUT2D eigenvalue weighted by molar-refractivity contribution is 8.00. The Balaban J connectivity index is 1.36. The Bertz CT molecular complexity index is 1120. The van der Waals surface area contributed by atoms with Crippen molar-refractivity contribution in [1.82, 2.24) is 9.97 Å². The van der Waals surface area contributed by atoms with E-state index in [0.717, 1.165) is 40.5 Å². The molecule has 3 aromatic rings. The number of hydrogen-bond acceptors (Lipinski definition) is 8. The predicted molar refractivity (Wildman–Crippen MR) is 142 cm³/mol. The van der Waals surface area contributed by atoms with E-state index in [1.165, 1.54) is 11.3 Å². The van der Waals surface area contributed by atoms with E-state index in [0.29, 0.717) is 29.8 Å². The minimum absolute atomic E-state index is 0.0727. The summed E-state index contributed by atoms with van der Waals surface area (Å²) in [5.74, 6) is 2.02. The van der Waals surface area contributed by atoms with Crippen LogP contribution < -0.4 is 10.1 Å². The Kier molecular flexibility index (Phi) is 10.4. The number of rotatable bonds is 14. The van der Waals surface area contributed by atoms with Crippen LogP contribution in [0.4, 0.5) is 5.13 Å². The van der Waals surface area contributed by atoms with Crippen molar-refractivity contribution in [1.29, 1.82) is 0 Å². The number of carboxylic acid groups (broad SMARTS) is 1. The van der Waals surface area contributed by atoms with Gasteiger partial charge in [0.1, 0.15) is 11.5 Å². The summed E-state index contributed by atoms with van der Waals surface area (Å²) in [6.07, 6.45) is 7.42. The lowest BCUT2D eigenvalue weighted by molar-refractivity contribution is -0.137. The number of nitrogens with zero attached hydrogens (tertiary/aromatic N) is 2. The molecule has 10 heteroatoms. The highest BCUT2D eigenvalue weighted by Gasteiger charge is 2.19. The number of unbranched alkanes of at least 4 members (excludes halogenated alkanes) is 3. The fourth-order valence-corrected chi connectivity index (χ4v) is 4.96. The zero-order chi connectivity index (χ0) is 26.0. The normalized spacial score (nSPS) is 11.4. The second-order valence-electron chi connectivity index (χ2n) is 9.42. The summed E-state index contributed by atoms with van der Waals surface area (Å²) in [4.78, 5) is 31.6. The Hall–Kier alpha value is -2.85. The molecule has 2 aromatic heterocycles. The number of aliphatic carboxylic acids is 1. The maximum absolute atomic E-state index is 12.4. The molecule has 0 aliphatic heterocycles. The number of anilines is 1. The first kappa shape index (κ1) is 27.7. The van der Waals surface area contributed by atoms with Crippen molar-refractivity contribution in [2.75, 3.05) is 11.9 Å². The first-order chi connectivity index (χ1) is 17.2. The Morgan fingerprint density at radius 1 is 1.08 bits per heavy atom. The molecule has 1 aromatic carbocycles. The van der Waals surface area contributed by atoms with Gasteiger partial charge in [0.2, 0.25) is 11.8 Å². The largest absolute Gasteiger partial charge is 0.494 e. The number of carboxylic acids is 1. The second-order valence-corrected chi connectivity index (χ2v) is 11.7. The van der Waals surface area contributed by atoms with Crippen LogP contribution in [0.3, 0.4) is 0 Å². The number of carbonyl (C=O) groups is 2. The quantitative estimate of drug-likeness (QED) is 0.184. The van der Waals surface area contributed by atoms with Crippen LogP contribution in [0.1, 0.15) is 70.1 Å². The number of thiazole rings is 1. The molecular weight excluding hydrogens is 498 g/mol. The Labute approximate surface area is 219 Å². The smallest absolute Gasteiger partial charge is 0.303 e. The van der Waals surface area contributed by atoms with Crippen molar-refractivity contribution in [2.24, 2.45) is 0 Å². The van der Waals surface area contributed by atoms with E-state index in [2.05, 4.69) is 36.1 Å². The SMILES string of the molecule is CC(C)(C)c1cnc(CSc2cnc(NC(=O)Cc3ccc(OCCCCCCC(=O)O)cc3)s2)o1. The van der Waals surface area contributed by atoms with Crippen molar-refractivity contribution in [3.05, 3.63) is 53.9 Å². The van der Waals surface area contributed by atoms with Crippen LogP contribution in [0.15, 0.2) is 45.3 Å². The van der Waals surface area contributed by atoms with Crippen LogP contribution in [-0.2, 0) is 27.2 Å². The van der Waals surface area contributed by atoms with Gasteiger partial charge in [-0.15, -0.1) is 11.8 Å². The van der Waals surface area contributed by atoms with E-state index in [4.69, 9.17) is 14.3 Å². The summed E-state index contributed by atoms with van der Waals surface area (Å²) < 4.78 is 12.5. The molecule has 36 heavy (non-hydrogen) atoms. The van der Waals surface area contributed by atoms with Crippen LogP contribution in [0.5, 0.6) is 5.75 Å². The van der Waals surface area contributed by atoms with E-state index in [-0.39, 0.29) is 24.2 Å². The third-order valence-corrected chi connectivity index (χ3v) is 7.30. The molecule has 0 radical (unpaired) electrons. The van der Waals surface area contributed by atoms with Crippen molar-refractivity contribution >= 4 is 40.1 Å².